The van der Waals surface area contributed by atoms with Crippen LogP contribution in [-0.4, -0.2) is 55.3 Å². The smallest absolute Gasteiger partial charge is 0.203 e. The number of hydrogen-bond acceptors (Lipinski definition) is 7. The molecule has 0 spiro atoms. The number of nitrogens with one attached hydrogen (secondary N) is 1. The van der Waals surface area contributed by atoms with Crippen LogP contribution in [0.2, 0.25) is 0 Å². The van der Waals surface area contributed by atoms with Crippen LogP contribution in [0.3, 0.4) is 0 Å². The summed E-state index contributed by atoms with van der Waals surface area (Å²) in [6, 6.07) is 3.63. The Bertz CT molecular complexity index is 976. The van der Waals surface area contributed by atoms with Gasteiger partial charge in [-0.15, -0.1) is 0 Å². The van der Waals surface area contributed by atoms with E-state index in [4.69, 9.17) is 23.9 Å². The molecule has 0 radical (unpaired) electrons. The predicted octanol–water partition coefficient (Wildman–Crippen LogP) is 2.80. The molecular weight excluding hydrogens is 362 g/mol. The van der Waals surface area contributed by atoms with Crippen molar-refractivity contribution in [1.82, 2.24) is 15.0 Å². The van der Waals surface area contributed by atoms with Crippen molar-refractivity contribution < 1.29 is 23.7 Å². The molecule has 0 aliphatic rings. The zero-order valence-electron chi connectivity index (χ0n) is 16.5. The molecule has 3 aromatic rings. The van der Waals surface area contributed by atoms with Crippen LogP contribution in [-0.2, 0) is 16.0 Å². The van der Waals surface area contributed by atoms with Crippen LogP contribution in [0.25, 0.3) is 22.4 Å². The van der Waals surface area contributed by atoms with Gasteiger partial charge in [0.15, 0.2) is 23.4 Å². The van der Waals surface area contributed by atoms with Gasteiger partial charge in [-0.2, -0.15) is 0 Å². The Morgan fingerprint density at radius 3 is 2.32 bits per heavy atom. The molecule has 1 aromatic carbocycles. The lowest BCUT2D eigenvalue weighted by Crippen LogP contribution is -2.31. The van der Waals surface area contributed by atoms with Crippen molar-refractivity contribution in [3.05, 3.63) is 30.1 Å². The highest BCUT2D eigenvalue weighted by molar-refractivity contribution is 5.80. The maximum Gasteiger partial charge on any atom is 0.203 e. The Morgan fingerprint density at radius 1 is 1.11 bits per heavy atom. The highest BCUT2D eigenvalue weighted by Gasteiger charge is 2.25. The SMILES string of the molecule is COc1cc(-c2cnc3[nH]cc(CC(C)(C=O)OC)c3n2)cc(OC)c1OC. The fourth-order valence-corrected chi connectivity index (χ4v) is 2.99. The number of methoxy groups -OCH3 is 4. The molecule has 148 valence electrons. The van der Waals surface area contributed by atoms with Crippen molar-refractivity contribution in [1.29, 1.82) is 0 Å². The molecule has 28 heavy (non-hydrogen) atoms. The zero-order chi connectivity index (χ0) is 20.3. The number of H-pyrrole nitrogens is 1. The van der Waals surface area contributed by atoms with Gasteiger partial charge in [-0.25, -0.2) is 9.97 Å². The van der Waals surface area contributed by atoms with E-state index in [0.29, 0.717) is 40.5 Å². The third-order valence-electron chi connectivity index (χ3n) is 4.68. The number of carbonyl (C=O) groups excluding carboxylic acids is 1. The normalized spacial score (nSPS) is 13.2. The van der Waals surface area contributed by atoms with Gasteiger partial charge < -0.3 is 28.7 Å². The molecule has 8 heteroatoms. The lowest BCUT2D eigenvalue weighted by atomic mass is 9.99. The Hall–Kier alpha value is -3.13. The number of aromatic amines is 1. The topological polar surface area (TPSA) is 95.6 Å². The first-order chi connectivity index (χ1) is 13.5. The van der Waals surface area contributed by atoms with Crippen LogP contribution >= 0.6 is 0 Å². The molecule has 1 N–H and O–H groups in total. The molecule has 0 amide bonds. The second-order valence-corrected chi connectivity index (χ2v) is 6.49. The number of aldehydes is 1. The summed E-state index contributed by atoms with van der Waals surface area (Å²) in [5.74, 6) is 1.56. The summed E-state index contributed by atoms with van der Waals surface area (Å²) in [6.07, 6.45) is 4.63. The van der Waals surface area contributed by atoms with Crippen LogP contribution < -0.4 is 14.2 Å². The second-order valence-electron chi connectivity index (χ2n) is 6.49. The van der Waals surface area contributed by atoms with Crippen molar-refractivity contribution in [3.63, 3.8) is 0 Å². The number of ether oxygens (including phenoxy) is 4. The Morgan fingerprint density at radius 2 is 1.79 bits per heavy atom. The molecular formula is C20H23N3O5. The van der Waals surface area contributed by atoms with E-state index in [2.05, 4.69) is 9.97 Å². The van der Waals surface area contributed by atoms with E-state index in [1.807, 2.05) is 12.1 Å². The number of nitrogens with zero attached hydrogens (tertiary/aromatic N) is 2. The fraction of sp³-hybridized carbons (Fsp3) is 0.350. The van der Waals surface area contributed by atoms with E-state index >= 15 is 0 Å². The standard InChI is InChI=1S/C20H23N3O5/c1-20(11-24,28-5)8-13-9-21-19-17(13)23-14(10-22-19)12-6-15(25-2)18(27-4)16(7-12)26-3/h6-7,9-11H,8H2,1-5H3,(H,21,22). The summed E-state index contributed by atoms with van der Waals surface area (Å²) in [5, 5.41) is 0. The van der Waals surface area contributed by atoms with E-state index in [0.717, 1.165) is 17.4 Å². The van der Waals surface area contributed by atoms with Crippen molar-refractivity contribution in [2.24, 2.45) is 0 Å². The molecule has 0 aliphatic carbocycles. The van der Waals surface area contributed by atoms with E-state index in [9.17, 15) is 4.79 Å². The van der Waals surface area contributed by atoms with E-state index in [1.54, 1.807) is 40.6 Å². The van der Waals surface area contributed by atoms with Crippen LogP contribution in [0, 0.1) is 0 Å². The maximum atomic E-state index is 11.4. The Balaban J connectivity index is 2.10. The van der Waals surface area contributed by atoms with Crippen LogP contribution in [0.5, 0.6) is 17.2 Å². The van der Waals surface area contributed by atoms with Gasteiger partial charge in [0.2, 0.25) is 5.75 Å². The monoisotopic (exact) mass is 385 g/mol. The van der Waals surface area contributed by atoms with Crippen molar-refractivity contribution >= 4 is 17.5 Å². The van der Waals surface area contributed by atoms with Crippen LogP contribution in [0.4, 0.5) is 0 Å². The maximum absolute atomic E-state index is 11.4. The van der Waals surface area contributed by atoms with Gasteiger partial charge in [-0.05, 0) is 19.1 Å². The molecule has 8 nitrogen and oxygen atoms in total. The first-order valence-corrected chi connectivity index (χ1v) is 8.63. The van der Waals surface area contributed by atoms with Crippen LogP contribution in [0.15, 0.2) is 24.5 Å². The molecule has 0 bridgehead atoms. The number of rotatable bonds is 8. The summed E-state index contributed by atoms with van der Waals surface area (Å²) >= 11 is 0. The molecule has 2 heterocycles. The van der Waals surface area contributed by atoms with Gasteiger partial charge in [-0.1, -0.05) is 0 Å². The number of hydrogen-bond donors (Lipinski definition) is 1. The van der Waals surface area contributed by atoms with E-state index in [-0.39, 0.29) is 0 Å². The van der Waals surface area contributed by atoms with E-state index < -0.39 is 5.60 Å². The Labute approximate surface area is 162 Å². The highest BCUT2D eigenvalue weighted by Crippen LogP contribution is 2.41. The molecule has 0 saturated heterocycles. The van der Waals surface area contributed by atoms with Gasteiger partial charge in [0, 0.05) is 30.9 Å². The highest BCUT2D eigenvalue weighted by atomic mass is 16.5. The number of benzene rings is 1. The van der Waals surface area contributed by atoms with Crippen molar-refractivity contribution in [2.45, 2.75) is 18.9 Å². The van der Waals surface area contributed by atoms with Crippen LogP contribution in [0.1, 0.15) is 12.5 Å². The number of aromatic nitrogens is 3. The minimum atomic E-state index is -0.931. The zero-order valence-corrected chi connectivity index (χ0v) is 16.5. The third-order valence-corrected chi connectivity index (χ3v) is 4.68. The second kappa shape index (κ2) is 7.85. The van der Waals surface area contributed by atoms with Crippen molar-refractivity contribution in [3.8, 4) is 28.5 Å². The quantitative estimate of drug-likeness (QED) is 0.596. The summed E-state index contributed by atoms with van der Waals surface area (Å²) in [6.45, 7) is 1.73. The average Bonchev–Trinajstić information content (AvgIpc) is 3.14. The first-order valence-electron chi connectivity index (χ1n) is 8.63. The number of carbonyl (C=O) groups is 1. The molecule has 0 saturated carbocycles. The van der Waals surface area contributed by atoms with Crippen molar-refractivity contribution in [2.75, 3.05) is 28.4 Å². The summed E-state index contributed by atoms with van der Waals surface area (Å²) in [4.78, 5) is 23.7. The van der Waals surface area contributed by atoms with E-state index in [1.165, 1.54) is 7.11 Å². The molecule has 3 rings (SSSR count). The molecule has 2 aromatic heterocycles. The van der Waals surface area contributed by atoms with Gasteiger partial charge in [-0.3, -0.25) is 0 Å². The lowest BCUT2D eigenvalue weighted by Gasteiger charge is -2.20. The molecule has 1 atom stereocenters. The van der Waals surface area contributed by atoms with Gasteiger partial charge in [0.1, 0.15) is 11.1 Å². The summed E-state index contributed by atoms with van der Waals surface area (Å²) < 4.78 is 21.5. The first kappa shape index (κ1) is 19.6. The molecule has 1 unspecified atom stereocenters. The lowest BCUT2D eigenvalue weighted by molar-refractivity contribution is -0.125. The largest absolute Gasteiger partial charge is 0.493 e. The fourth-order valence-electron chi connectivity index (χ4n) is 2.99. The summed E-state index contributed by atoms with van der Waals surface area (Å²) in [5.41, 5.74) is 2.62. The van der Waals surface area contributed by atoms with Gasteiger partial charge in [0.25, 0.3) is 0 Å². The molecule has 0 fully saturated rings. The molecule has 0 aliphatic heterocycles. The third kappa shape index (κ3) is 3.50. The minimum Gasteiger partial charge on any atom is -0.493 e. The predicted molar refractivity (Wildman–Crippen MR) is 104 cm³/mol. The van der Waals surface area contributed by atoms with Gasteiger partial charge in [0.05, 0.1) is 33.2 Å². The Kier molecular flexibility index (Phi) is 5.51. The minimum absolute atomic E-state index is 0.375. The average molecular weight is 385 g/mol. The summed E-state index contributed by atoms with van der Waals surface area (Å²) in [7, 11) is 6.19. The van der Waals surface area contributed by atoms with Gasteiger partial charge >= 0.3 is 0 Å². The number of fused-ring (bicyclic) bond motifs is 1.